The van der Waals surface area contributed by atoms with E-state index in [1.165, 1.54) is 0 Å². The third-order valence-corrected chi connectivity index (χ3v) is 3.52. The van der Waals surface area contributed by atoms with E-state index in [1.54, 1.807) is 29.8 Å². The maximum absolute atomic E-state index is 12.6. The highest BCUT2D eigenvalue weighted by Crippen LogP contribution is 2.15. The summed E-state index contributed by atoms with van der Waals surface area (Å²) in [5.74, 6) is -0.979. The standard InChI is InChI=1S/C17H19NO3/c1-3-5-12-6-4-7-13(10-12)17(21)15-9-8-14(18(15)2)11-16(19)20/h4,6-10H,3,5,11H2,1-2H3,(H,19,20). The Balaban J connectivity index is 2.30. The van der Waals surface area contributed by atoms with Crippen molar-refractivity contribution in [2.75, 3.05) is 0 Å². The fourth-order valence-electron chi connectivity index (χ4n) is 2.42. The fraction of sp³-hybridized carbons (Fsp3) is 0.294. The number of carboxylic acid groups (broad SMARTS) is 1. The van der Waals surface area contributed by atoms with Crippen molar-refractivity contribution in [3.63, 3.8) is 0 Å². The Hall–Kier alpha value is -2.36. The summed E-state index contributed by atoms with van der Waals surface area (Å²) in [5.41, 5.74) is 2.92. The molecule has 0 unspecified atom stereocenters. The highest BCUT2D eigenvalue weighted by Gasteiger charge is 2.16. The quantitative estimate of drug-likeness (QED) is 0.830. The van der Waals surface area contributed by atoms with Crippen molar-refractivity contribution in [2.45, 2.75) is 26.2 Å². The zero-order valence-electron chi connectivity index (χ0n) is 12.3. The lowest BCUT2D eigenvalue weighted by molar-refractivity contribution is -0.136. The highest BCUT2D eigenvalue weighted by molar-refractivity contribution is 6.08. The monoisotopic (exact) mass is 285 g/mol. The van der Waals surface area contributed by atoms with Gasteiger partial charge in [-0.05, 0) is 30.2 Å². The van der Waals surface area contributed by atoms with Gasteiger partial charge < -0.3 is 9.67 Å². The summed E-state index contributed by atoms with van der Waals surface area (Å²) in [7, 11) is 1.72. The van der Waals surface area contributed by atoms with Crippen LogP contribution in [0.1, 0.15) is 40.7 Å². The third-order valence-electron chi connectivity index (χ3n) is 3.52. The Morgan fingerprint density at radius 1 is 1.19 bits per heavy atom. The second kappa shape index (κ2) is 6.39. The summed E-state index contributed by atoms with van der Waals surface area (Å²) in [4.78, 5) is 23.3. The number of rotatable bonds is 6. The van der Waals surface area contributed by atoms with Crippen LogP contribution in [0.5, 0.6) is 0 Å². The summed E-state index contributed by atoms with van der Waals surface area (Å²) in [5, 5.41) is 8.85. The van der Waals surface area contributed by atoms with E-state index < -0.39 is 5.97 Å². The molecule has 1 N–H and O–H groups in total. The molecular formula is C17H19NO3. The molecule has 0 aliphatic rings. The van der Waals surface area contributed by atoms with Gasteiger partial charge in [-0.2, -0.15) is 0 Å². The molecule has 0 saturated carbocycles. The van der Waals surface area contributed by atoms with Gasteiger partial charge >= 0.3 is 5.97 Å². The lowest BCUT2D eigenvalue weighted by Gasteiger charge is -2.07. The van der Waals surface area contributed by atoms with Crippen LogP contribution in [-0.4, -0.2) is 21.4 Å². The van der Waals surface area contributed by atoms with Gasteiger partial charge in [0.2, 0.25) is 5.78 Å². The van der Waals surface area contributed by atoms with E-state index >= 15 is 0 Å². The van der Waals surface area contributed by atoms with Crippen molar-refractivity contribution < 1.29 is 14.7 Å². The minimum atomic E-state index is -0.903. The third kappa shape index (κ3) is 3.40. The van der Waals surface area contributed by atoms with Crippen LogP contribution in [0.3, 0.4) is 0 Å². The van der Waals surface area contributed by atoms with Gasteiger partial charge in [0.25, 0.3) is 0 Å². The van der Waals surface area contributed by atoms with Crippen LogP contribution in [0.25, 0.3) is 0 Å². The average Bonchev–Trinajstić information content (AvgIpc) is 2.79. The van der Waals surface area contributed by atoms with Crippen molar-refractivity contribution in [2.24, 2.45) is 7.05 Å². The summed E-state index contributed by atoms with van der Waals surface area (Å²) in [6.07, 6.45) is 1.89. The molecule has 0 bridgehead atoms. The summed E-state index contributed by atoms with van der Waals surface area (Å²) in [6, 6.07) is 11.0. The number of hydrogen-bond donors (Lipinski definition) is 1. The molecule has 1 heterocycles. The average molecular weight is 285 g/mol. The molecule has 0 fully saturated rings. The first-order chi connectivity index (χ1) is 10.0. The van der Waals surface area contributed by atoms with Gasteiger partial charge in [-0.15, -0.1) is 0 Å². The van der Waals surface area contributed by atoms with E-state index in [9.17, 15) is 9.59 Å². The smallest absolute Gasteiger partial charge is 0.309 e. The number of aromatic nitrogens is 1. The fourth-order valence-corrected chi connectivity index (χ4v) is 2.42. The zero-order valence-corrected chi connectivity index (χ0v) is 12.3. The van der Waals surface area contributed by atoms with Gasteiger partial charge in [0.15, 0.2) is 0 Å². The minimum Gasteiger partial charge on any atom is -0.481 e. The Kier molecular flexibility index (Phi) is 4.58. The molecule has 21 heavy (non-hydrogen) atoms. The lowest BCUT2D eigenvalue weighted by atomic mass is 10.0. The van der Waals surface area contributed by atoms with Crippen molar-refractivity contribution >= 4 is 11.8 Å². The number of nitrogens with zero attached hydrogens (tertiary/aromatic N) is 1. The Morgan fingerprint density at radius 2 is 1.95 bits per heavy atom. The van der Waals surface area contributed by atoms with Crippen LogP contribution in [0, 0.1) is 0 Å². The molecule has 1 aromatic heterocycles. The molecule has 0 saturated heterocycles. The topological polar surface area (TPSA) is 59.3 Å². The van der Waals surface area contributed by atoms with E-state index in [2.05, 4.69) is 6.92 Å². The first kappa shape index (κ1) is 15.0. The number of hydrogen-bond acceptors (Lipinski definition) is 2. The van der Waals surface area contributed by atoms with E-state index in [4.69, 9.17) is 5.11 Å². The molecule has 0 radical (unpaired) electrons. The van der Waals surface area contributed by atoms with Crippen LogP contribution in [0.4, 0.5) is 0 Å². The largest absolute Gasteiger partial charge is 0.481 e. The maximum atomic E-state index is 12.6. The lowest BCUT2D eigenvalue weighted by Crippen LogP contribution is -2.11. The van der Waals surface area contributed by atoms with Crippen LogP contribution in [-0.2, 0) is 24.7 Å². The summed E-state index contributed by atoms with van der Waals surface area (Å²) >= 11 is 0. The molecule has 0 aliphatic heterocycles. The number of carbonyl (C=O) groups excluding carboxylic acids is 1. The van der Waals surface area contributed by atoms with Gasteiger partial charge in [-0.1, -0.05) is 31.5 Å². The Labute approximate surface area is 124 Å². The van der Waals surface area contributed by atoms with Gasteiger partial charge in [0.1, 0.15) is 0 Å². The molecule has 1 aromatic carbocycles. The summed E-state index contributed by atoms with van der Waals surface area (Å²) < 4.78 is 1.66. The number of carboxylic acids is 1. The normalized spacial score (nSPS) is 10.6. The van der Waals surface area contributed by atoms with Crippen LogP contribution in [0.15, 0.2) is 36.4 Å². The molecule has 0 spiro atoms. The van der Waals surface area contributed by atoms with Crippen LogP contribution < -0.4 is 0 Å². The SMILES string of the molecule is CCCc1cccc(C(=O)c2ccc(CC(=O)O)n2C)c1. The van der Waals surface area contributed by atoms with Crippen molar-refractivity contribution in [3.8, 4) is 0 Å². The van der Waals surface area contributed by atoms with Gasteiger partial charge in [0, 0.05) is 18.3 Å². The van der Waals surface area contributed by atoms with Gasteiger partial charge in [-0.25, -0.2) is 0 Å². The predicted octanol–water partition coefficient (Wildman–Crippen LogP) is 2.84. The molecule has 0 aliphatic carbocycles. The minimum absolute atomic E-state index is 0.0768. The molecule has 4 heteroatoms. The predicted molar refractivity (Wildman–Crippen MR) is 80.6 cm³/mol. The van der Waals surface area contributed by atoms with Crippen molar-refractivity contribution in [1.82, 2.24) is 4.57 Å². The maximum Gasteiger partial charge on any atom is 0.309 e. The molecule has 0 atom stereocenters. The van der Waals surface area contributed by atoms with Crippen LogP contribution >= 0.6 is 0 Å². The van der Waals surface area contributed by atoms with Crippen LogP contribution in [0.2, 0.25) is 0 Å². The second-order valence-electron chi connectivity index (χ2n) is 5.12. The molecule has 4 nitrogen and oxygen atoms in total. The van der Waals surface area contributed by atoms with E-state index in [-0.39, 0.29) is 12.2 Å². The Bertz CT molecular complexity index is 670. The zero-order chi connectivity index (χ0) is 15.4. The molecular weight excluding hydrogens is 266 g/mol. The van der Waals surface area contributed by atoms with E-state index in [0.29, 0.717) is 17.0 Å². The first-order valence-electron chi connectivity index (χ1n) is 7.03. The second-order valence-corrected chi connectivity index (χ2v) is 5.12. The number of benzene rings is 1. The molecule has 110 valence electrons. The number of ketones is 1. The van der Waals surface area contributed by atoms with E-state index in [1.807, 2.05) is 18.2 Å². The molecule has 2 aromatic rings. The summed E-state index contributed by atoms with van der Waals surface area (Å²) in [6.45, 7) is 2.10. The van der Waals surface area contributed by atoms with Crippen molar-refractivity contribution in [3.05, 3.63) is 58.9 Å². The number of aryl methyl sites for hydroxylation is 1. The van der Waals surface area contributed by atoms with Gasteiger partial charge in [0.05, 0.1) is 12.1 Å². The number of aliphatic carboxylic acids is 1. The Morgan fingerprint density at radius 3 is 2.62 bits per heavy atom. The first-order valence-corrected chi connectivity index (χ1v) is 7.03. The van der Waals surface area contributed by atoms with E-state index in [0.717, 1.165) is 18.4 Å². The molecule has 2 rings (SSSR count). The van der Waals surface area contributed by atoms with Gasteiger partial charge in [-0.3, -0.25) is 9.59 Å². The number of carbonyl (C=O) groups is 2. The highest BCUT2D eigenvalue weighted by atomic mass is 16.4. The molecule has 0 amide bonds. The van der Waals surface area contributed by atoms with Crippen molar-refractivity contribution in [1.29, 1.82) is 0 Å².